The van der Waals surface area contributed by atoms with Gasteiger partial charge in [-0.1, -0.05) is 6.92 Å². The Balaban J connectivity index is 2.35. The Morgan fingerprint density at radius 1 is 1.05 bits per heavy atom. The van der Waals surface area contributed by atoms with Crippen LogP contribution in [0.3, 0.4) is 0 Å². The van der Waals surface area contributed by atoms with E-state index in [0.717, 1.165) is 19.0 Å². The standard InChI is InChI=1S/C13H20F2N2O2S/c1-2-4-16-6-7-20(18,19)17-5-3-11-8-12(14)10-13(15)9-11/h8-10,16-17H,2-7H2,1H3. The van der Waals surface area contributed by atoms with E-state index in [1.165, 1.54) is 12.1 Å². The summed E-state index contributed by atoms with van der Waals surface area (Å²) in [5.41, 5.74) is 0.425. The van der Waals surface area contributed by atoms with Crippen LogP contribution in [0, 0.1) is 11.6 Å². The fraction of sp³-hybridized carbons (Fsp3) is 0.538. The molecule has 2 N–H and O–H groups in total. The zero-order chi connectivity index (χ0) is 15.0. The van der Waals surface area contributed by atoms with E-state index in [-0.39, 0.29) is 18.7 Å². The first-order valence-corrected chi connectivity index (χ1v) is 8.21. The Morgan fingerprint density at radius 2 is 1.70 bits per heavy atom. The van der Waals surface area contributed by atoms with E-state index >= 15 is 0 Å². The van der Waals surface area contributed by atoms with E-state index in [4.69, 9.17) is 0 Å². The van der Waals surface area contributed by atoms with Crippen molar-refractivity contribution in [3.8, 4) is 0 Å². The number of rotatable bonds is 9. The SMILES string of the molecule is CCCNCCS(=O)(=O)NCCc1cc(F)cc(F)c1. The molecule has 0 spiro atoms. The molecule has 1 aromatic carbocycles. The second-order valence-corrected chi connectivity index (χ2v) is 6.42. The van der Waals surface area contributed by atoms with Gasteiger partial charge in [-0.15, -0.1) is 0 Å². The minimum absolute atomic E-state index is 0.00941. The third-order valence-electron chi connectivity index (χ3n) is 2.63. The largest absolute Gasteiger partial charge is 0.316 e. The Kier molecular flexibility index (Phi) is 7.04. The molecule has 0 amide bonds. The molecule has 0 bridgehead atoms. The molecule has 0 aliphatic carbocycles. The topological polar surface area (TPSA) is 58.2 Å². The van der Waals surface area contributed by atoms with Crippen molar-refractivity contribution in [3.63, 3.8) is 0 Å². The zero-order valence-electron chi connectivity index (χ0n) is 11.5. The van der Waals surface area contributed by atoms with E-state index in [0.29, 0.717) is 12.1 Å². The van der Waals surface area contributed by atoms with Gasteiger partial charge in [-0.25, -0.2) is 21.9 Å². The van der Waals surface area contributed by atoms with E-state index in [2.05, 4.69) is 10.0 Å². The Labute approximate surface area is 118 Å². The van der Waals surface area contributed by atoms with Crippen molar-refractivity contribution in [1.82, 2.24) is 10.0 Å². The molecule has 0 heterocycles. The predicted octanol–water partition coefficient (Wildman–Crippen LogP) is 1.43. The molecule has 0 aliphatic heterocycles. The third kappa shape index (κ3) is 6.93. The lowest BCUT2D eigenvalue weighted by Gasteiger charge is -2.07. The summed E-state index contributed by atoms with van der Waals surface area (Å²) < 4.78 is 51.5. The Hall–Kier alpha value is -1.05. The van der Waals surface area contributed by atoms with Gasteiger partial charge in [-0.2, -0.15) is 0 Å². The summed E-state index contributed by atoms with van der Waals surface area (Å²) in [4.78, 5) is 0. The minimum atomic E-state index is -3.35. The van der Waals surface area contributed by atoms with Crippen molar-refractivity contribution in [3.05, 3.63) is 35.4 Å². The minimum Gasteiger partial charge on any atom is -0.316 e. The normalized spacial score (nSPS) is 11.8. The average molecular weight is 306 g/mol. The van der Waals surface area contributed by atoms with Crippen molar-refractivity contribution in [2.75, 3.05) is 25.4 Å². The number of hydrogen-bond donors (Lipinski definition) is 2. The molecule has 114 valence electrons. The van der Waals surface area contributed by atoms with Crippen LogP contribution in [-0.4, -0.2) is 33.8 Å². The molecule has 0 radical (unpaired) electrons. The van der Waals surface area contributed by atoms with Gasteiger partial charge in [0, 0.05) is 19.2 Å². The van der Waals surface area contributed by atoms with Crippen molar-refractivity contribution < 1.29 is 17.2 Å². The second-order valence-electron chi connectivity index (χ2n) is 4.49. The molecular formula is C13H20F2N2O2S. The molecular weight excluding hydrogens is 286 g/mol. The van der Waals surface area contributed by atoms with Crippen LogP contribution < -0.4 is 10.0 Å². The quantitative estimate of drug-likeness (QED) is 0.679. The van der Waals surface area contributed by atoms with Crippen LogP contribution in [0.25, 0.3) is 0 Å². The lowest BCUT2D eigenvalue weighted by atomic mass is 10.1. The summed E-state index contributed by atoms with van der Waals surface area (Å²) in [6.07, 6.45) is 1.19. The number of halogens is 2. The van der Waals surface area contributed by atoms with Gasteiger partial charge in [-0.3, -0.25) is 0 Å². The summed E-state index contributed by atoms with van der Waals surface area (Å²) in [6, 6.07) is 3.17. The first-order valence-electron chi connectivity index (χ1n) is 6.56. The fourth-order valence-corrected chi connectivity index (χ4v) is 2.66. The highest BCUT2D eigenvalue weighted by molar-refractivity contribution is 7.89. The predicted molar refractivity (Wildman–Crippen MR) is 75.0 cm³/mol. The highest BCUT2D eigenvalue weighted by atomic mass is 32.2. The highest BCUT2D eigenvalue weighted by Crippen LogP contribution is 2.08. The lowest BCUT2D eigenvalue weighted by Crippen LogP contribution is -2.33. The highest BCUT2D eigenvalue weighted by Gasteiger charge is 2.09. The molecule has 1 aromatic rings. The molecule has 0 aliphatic rings. The maximum atomic E-state index is 12.9. The van der Waals surface area contributed by atoms with Gasteiger partial charge in [0.15, 0.2) is 0 Å². The molecule has 0 unspecified atom stereocenters. The summed E-state index contributed by atoms with van der Waals surface area (Å²) >= 11 is 0. The van der Waals surface area contributed by atoms with Gasteiger partial charge in [0.05, 0.1) is 5.75 Å². The molecule has 0 atom stereocenters. The van der Waals surface area contributed by atoms with Crippen molar-refractivity contribution >= 4 is 10.0 Å². The second kappa shape index (κ2) is 8.28. The first kappa shape index (κ1) is 17.0. The molecule has 0 saturated heterocycles. The van der Waals surface area contributed by atoms with E-state index in [1.54, 1.807) is 0 Å². The number of sulfonamides is 1. The maximum Gasteiger partial charge on any atom is 0.212 e. The van der Waals surface area contributed by atoms with Crippen LogP contribution in [0.1, 0.15) is 18.9 Å². The first-order chi connectivity index (χ1) is 9.43. The van der Waals surface area contributed by atoms with Crippen LogP contribution in [-0.2, 0) is 16.4 Å². The zero-order valence-corrected chi connectivity index (χ0v) is 12.3. The van der Waals surface area contributed by atoms with Gasteiger partial charge < -0.3 is 5.32 Å². The van der Waals surface area contributed by atoms with Crippen LogP contribution >= 0.6 is 0 Å². The maximum absolute atomic E-state index is 12.9. The summed E-state index contributed by atoms with van der Waals surface area (Å²) in [5.74, 6) is -1.33. The molecule has 0 saturated carbocycles. The molecule has 7 heteroatoms. The van der Waals surface area contributed by atoms with E-state index in [9.17, 15) is 17.2 Å². The smallest absolute Gasteiger partial charge is 0.212 e. The van der Waals surface area contributed by atoms with Crippen LogP contribution in [0.15, 0.2) is 18.2 Å². The Morgan fingerprint density at radius 3 is 2.30 bits per heavy atom. The van der Waals surface area contributed by atoms with E-state index in [1.807, 2.05) is 6.92 Å². The lowest BCUT2D eigenvalue weighted by molar-refractivity contribution is 0.573. The molecule has 1 rings (SSSR count). The Bertz CT molecular complexity index is 501. The van der Waals surface area contributed by atoms with Gasteiger partial charge >= 0.3 is 0 Å². The molecule has 20 heavy (non-hydrogen) atoms. The average Bonchev–Trinajstić information content (AvgIpc) is 2.33. The van der Waals surface area contributed by atoms with Gasteiger partial charge in [-0.05, 0) is 37.1 Å². The van der Waals surface area contributed by atoms with Crippen molar-refractivity contribution in [2.24, 2.45) is 0 Å². The fourth-order valence-electron chi connectivity index (χ4n) is 1.69. The number of hydrogen-bond acceptors (Lipinski definition) is 3. The van der Waals surface area contributed by atoms with Gasteiger partial charge in [0.1, 0.15) is 11.6 Å². The molecule has 0 aromatic heterocycles. The molecule has 4 nitrogen and oxygen atoms in total. The van der Waals surface area contributed by atoms with Crippen LogP contribution in [0.5, 0.6) is 0 Å². The number of benzene rings is 1. The summed E-state index contributed by atoms with van der Waals surface area (Å²) in [5, 5.41) is 3.00. The van der Waals surface area contributed by atoms with Crippen LogP contribution in [0.4, 0.5) is 8.78 Å². The van der Waals surface area contributed by atoms with Crippen LogP contribution in [0.2, 0.25) is 0 Å². The van der Waals surface area contributed by atoms with Gasteiger partial charge in [0.25, 0.3) is 0 Å². The monoisotopic (exact) mass is 306 g/mol. The summed E-state index contributed by atoms with van der Waals surface area (Å²) in [7, 11) is -3.35. The van der Waals surface area contributed by atoms with Crippen molar-refractivity contribution in [2.45, 2.75) is 19.8 Å². The van der Waals surface area contributed by atoms with Crippen molar-refractivity contribution in [1.29, 1.82) is 0 Å². The summed E-state index contributed by atoms with van der Waals surface area (Å²) in [6.45, 7) is 3.28. The number of nitrogens with one attached hydrogen (secondary N) is 2. The third-order valence-corrected chi connectivity index (χ3v) is 4.02. The van der Waals surface area contributed by atoms with E-state index < -0.39 is 21.7 Å². The molecule has 0 fully saturated rings. The van der Waals surface area contributed by atoms with Gasteiger partial charge in [0.2, 0.25) is 10.0 Å².